The average molecular weight is 441 g/mol. The standard InChI is InChI=1S/C21H14Cl2N4O3/c1-27-18-12(9-14(19(27)28)17-15(22)3-2-4-16(17)23)10-24-21(26-18)25-13-7-5-11(6-8-13)20(29)30/h2-10H,1H3,(H,29,30)(H,24,25,26). The number of nitrogens with zero attached hydrogens (tertiary/aromatic N) is 3. The minimum Gasteiger partial charge on any atom is -0.478 e. The number of rotatable bonds is 4. The summed E-state index contributed by atoms with van der Waals surface area (Å²) in [6, 6.07) is 12.9. The van der Waals surface area contributed by atoms with Crippen LogP contribution < -0.4 is 10.9 Å². The molecule has 2 aromatic heterocycles. The molecule has 0 unspecified atom stereocenters. The van der Waals surface area contributed by atoms with Gasteiger partial charge in [0.15, 0.2) is 0 Å². The summed E-state index contributed by atoms with van der Waals surface area (Å²) in [6.45, 7) is 0. The molecule has 0 atom stereocenters. The third kappa shape index (κ3) is 3.60. The van der Waals surface area contributed by atoms with E-state index in [9.17, 15) is 9.59 Å². The summed E-state index contributed by atoms with van der Waals surface area (Å²) >= 11 is 12.6. The van der Waals surface area contributed by atoms with Crippen LogP contribution in [0.1, 0.15) is 10.4 Å². The Labute approximate surface area is 180 Å². The highest BCUT2D eigenvalue weighted by Crippen LogP contribution is 2.33. The number of halogens is 2. The summed E-state index contributed by atoms with van der Waals surface area (Å²) in [5.41, 5.74) is 1.73. The maximum Gasteiger partial charge on any atom is 0.335 e. The minimum atomic E-state index is -1.01. The summed E-state index contributed by atoms with van der Waals surface area (Å²) in [7, 11) is 1.61. The molecule has 0 saturated carbocycles. The van der Waals surface area contributed by atoms with Crippen molar-refractivity contribution >= 4 is 51.8 Å². The number of aryl methyl sites for hydroxylation is 1. The van der Waals surface area contributed by atoms with Crippen LogP contribution in [0.5, 0.6) is 0 Å². The zero-order valence-electron chi connectivity index (χ0n) is 15.6. The molecule has 30 heavy (non-hydrogen) atoms. The van der Waals surface area contributed by atoms with Crippen LogP contribution >= 0.6 is 23.2 Å². The van der Waals surface area contributed by atoms with E-state index in [4.69, 9.17) is 28.3 Å². The van der Waals surface area contributed by atoms with Gasteiger partial charge in [-0.25, -0.2) is 9.78 Å². The molecular formula is C21H14Cl2N4O3. The predicted molar refractivity (Wildman–Crippen MR) is 117 cm³/mol. The molecule has 0 aliphatic heterocycles. The third-order valence-electron chi connectivity index (χ3n) is 4.57. The van der Waals surface area contributed by atoms with Gasteiger partial charge in [0.25, 0.3) is 5.56 Å². The van der Waals surface area contributed by atoms with Crippen molar-refractivity contribution in [3.8, 4) is 11.1 Å². The number of hydrogen-bond acceptors (Lipinski definition) is 5. The monoisotopic (exact) mass is 440 g/mol. The van der Waals surface area contributed by atoms with Crippen molar-refractivity contribution in [1.82, 2.24) is 14.5 Å². The van der Waals surface area contributed by atoms with Crippen molar-refractivity contribution in [2.45, 2.75) is 0 Å². The molecule has 0 bridgehead atoms. The number of nitrogens with one attached hydrogen (secondary N) is 1. The number of carboxylic acid groups (broad SMARTS) is 1. The van der Waals surface area contributed by atoms with Gasteiger partial charge >= 0.3 is 5.97 Å². The van der Waals surface area contributed by atoms with Crippen LogP contribution in [-0.4, -0.2) is 25.6 Å². The van der Waals surface area contributed by atoms with E-state index in [0.29, 0.717) is 37.9 Å². The number of anilines is 2. The van der Waals surface area contributed by atoms with E-state index in [1.165, 1.54) is 16.7 Å². The summed E-state index contributed by atoms with van der Waals surface area (Å²) in [5.74, 6) is -0.739. The highest BCUT2D eigenvalue weighted by molar-refractivity contribution is 6.39. The number of benzene rings is 2. The first-order chi connectivity index (χ1) is 14.3. The second-order valence-corrected chi connectivity index (χ2v) is 7.31. The average Bonchev–Trinajstić information content (AvgIpc) is 2.72. The van der Waals surface area contributed by atoms with Gasteiger partial charge in [0.05, 0.1) is 21.2 Å². The Balaban J connectivity index is 1.76. The van der Waals surface area contributed by atoms with Crippen molar-refractivity contribution in [2.24, 2.45) is 7.05 Å². The number of pyridine rings is 1. The van der Waals surface area contributed by atoms with Gasteiger partial charge in [0, 0.05) is 29.9 Å². The van der Waals surface area contributed by atoms with Crippen LogP contribution in [0, 0.1) is 0 Å². The van der Waals surface area contributed by atoms with Gasteiger partial charge in [-0.3, -0.25) is 9.36 Å². The predicted octanol–water partition coefficient (Wildman–Crippen LogP) is 4.74. The van der Waals surface area contributed by atoms with Crippen LogP contribution in [0.2, 0.25) is 10.0 Å². The molecule has 7 nitrogen and oxygen atoms in total. The minimum absolute atomic E-state index is 0.174. The molecule has 2 N–H and O–H groups in total. The molecule has 0 fully saturated rings. The Kier molecular flexibility index (Phi) is 5.15. The van der Waals surface area contributed by atoms with Gasteiger partial charge in [-0.1, -0.05) is 29.3 Å². The Bertz CT molecular complexity index is 1330. The first-order valence-electron chi connectivity index (χ1n) is 8.76. The topological polar surface area (TPSA) is 97.1 Å². The summed E-state index contributed by atoms with van der Waals surface area (Å²) in [5, 5.41) is 13.4. The van der Waals surface area contributed by atoms with Gasteiger partial charge < -0.3 is 10.4 Å². The Morgan fingerprint density at radius 2 is 1.77 bits per heavy atom. The molecule has 9 heteroatoms. The SMILES string of the molecule is Cn1c(=O)c(-c2c(Cl)cccc2Cl)cc2cnc(Nc3ccc(C(=O)O)cc3)nc21. The lowest BCUT2D eigenvalue weighted by Gasteiger charge is -2.12. The van der Waals surface area contributed by atoms with Gasteiger partial charge in [-0.05, 0) is 42.5 Å². The molecule has 0 amide bonds. The Hall–Kier alpha value is -3.42. The van der Waals surface area contributed by atoms with Crippen LogP contribution in [-0.2, 0) is 7.05 Å². The summed E-state index contributed by atoms with van der Waals surface area (Å²) in [4.78, 5) is 32.6. The normalized spacial score (nSPS) is 10.9. The summed E-state index contributed by atoms with van der Waals surface area (Å²) < 4.78 is 1.41. The van der Waals surface area contributed by atoms with Crippen molar-refractivity contribution in [2.75, 3.05) is 5.32 Å². The van der Waals surface area contributed by atoms with E-state index in [2.05, 4.69) is 15.3 Å². The molecule has 150 valence electrons. The second kappa shape index (κ2) is 7.78. The van der Waals surface area contributed by atoms with Crippen LogP contribution in [0.15, 0.2) is 59.5 Å². The highest BCUT2D eigenvalue weighted by Gasteiger charge is 2.16. The van der Waals surface area contributed by atoms with E-state index >= 15 is 0 Å². The molecule has 0 radical (unpaired) electrons. The molecule has 0 saturated heterocycles. The number of carboxylic acids is 1. The van der Waals surface area contributed by atoms with Crippen LogP contribution in [0.4, 0.5) is 11.6 Å². The lowest BCUT2D eigenvalue weighted by Crippen LogP contribution is -2.20. The molecule has 4 rings (SSSR count). The molecule has 0 aliphatic rings. The molecule has 2 heterocycles. The van der Waals surface area contributed by atoms with Gasteiger partial charge in [0.1, 0.15) is 5.65 Å². The molecular weight excluding hydrogens is 427 g/mol. The Morgan fingerprint density at radius 3 is 2.40 bits per heavy atom. The van der Waals surface area contributed by atoms with Crippen molar-refractivity contribution in [1.29, 1.82) is 0 Å². The number of carbonyl (C=O) groups is 1. The van der Waals surface area contributed by atoms with E-state index in [0.717, 1.165) is 0 Å². The van der Waals surface area contributed by atoms with E-state index in [-0.39, 0.29) is 17.1 Å². The molecule has 0 spiro atoms. The van der Waals surface area contributed by atoms with E-state index in [1.54, 1.807) is 49.6 Å². The number of aromatic nitrogens is 3. The van der Waals surface area contributed by atoms with Crippen LogP contribution in [0.25, 0.3) is 22.2 Å². The first-order valence-corrected chi connectivity index (χ1v) is 9.52. The Morgan fingerprint density at radius 1 is 1.10 bits per heavy atom. The highest BCUT2D eigenvalue weighted by atomic mass is 35.5. The zero-order chi connectivity index (χ0) is 21.4. The van der Waals surface area contributed by atoms with Crippen molar-refractivity contribution in [3.63, 3.8) is 0 Å². The van der Waals surface area contributed by atoms with Crippen molar-refractivity contribution < 1.29 is 9.90 Å². The third-order valence-corrected chi connectivity index (χ3v) is 5.20. The number of fused-ring (bicyclic) bond motifs is 1. The lowest BCUT2D eigenvalue weighted by molar-refractivity contribution is 0.0697. The zero-order valence-corrected chi connectivity index (χ0v) is 17.1. The maximum absolute atomic E-state index is 13.0. The largest absolute Gasteiger partial charge is 0.478 e. The molecule has 0 aliphatic carbocycles. The summed E-state index contributed by atoms with van der Waals surface area (Å²) in [6.07, 6.45) is 1.59. The molecule has 2 aromatic carbocycles. The fourth-order valence-corrected chi connectivity index (χ4v) is 3.67. The van der Waals surface area contributed by atoms with E-state index < -0.39 is 5.97 Å². The van der Waals surface area contributed by atoms with Crippen molar-refractivity contribution in [3.05, 3.63) is 80.7 Å². The van der Waals surface area contributed by atoms with Gasteiger partial charge in [0.2, 0.25) is 5.95 Å². The number of hydrogen-bond donors (Lipinski definition) is 2. The number of aromatic carboxylic acids is 1. The molecule has 4 aromatic rings. The fraction of sp³-hybridized carbons (Fsp3) is 0.0476. The maximum atomic E-state index is 13.0. The first kappa shape index (κ1) is 19.9. The van der Waals surface area contributed by atoms with E-state index in [1.807, 2.05) is 0 Å². The van der Waals surface area contributed by atoms with Gasteiger partial charge in [-0.2, -0.15) is 4.98 Å². The van der Waals surface area contributed by atoms with Crippen LogP contribution in [0.3, 0.4) is 0 Å². The smallest absolute Gasteiger partial charge is 0.335 e. The van der Waals surface area contributed by atoms with Gasteiger partial charge in [-0.15, -0.1) is 0 Å². The quantitative estimate of drug-likeness (QED) is 0.475. The fourth-order valence-electron chi connectivity index (χ4n) is 3.07. The second-order valence-electron chi connectivity index (χ2n) is 6.50. The lowest BCUT2D eigenvalue weighted by atomic mass is 10.1.